The van der Waals surface area contributed by atoms with Gasteiger partial charge in [0, 0.05) is 19.0 Å². The second-order valence-electron chi connectivity index (χ2n) is 6.26. The Morgan fingerprint density at radius 1 is 1.07 bits per heavy atom. The van der Waals surface area contributed by atoms with Crippen molar-refractivity contribution in [1.82, 2.24) is 25.0 Å². The van der Waals surface area contributed by atoms with Gasteiger partial charge in [-0.1, -0.05) is 36.0 Å². The standard InChI is InChI=1S/C20H19N5O3S/c1-28-11-10-21-19(27)24-17(26)12-29-20-23-14-7-3-2-6-13(14)18-22-15-8-4-5-9-16(15)25(18)20/h2-9H,10-12H2,1H3,(H2,21,24,26,27). The Balaban J connectivity index is 1.61. The van der Waals surface area contributed by atoms with Crippen LogP contribution in [-0.4, -0.2) is 52.3 Å². The van der Waals surface area contributed by atoms with Crippen molar-refractivity contribution in [1.29, 1.82) is 0 Å². The predicted molar refractivity (Wildman–Crippen MR) is 112 cm³/mol. The number of carbonyl (C=O) groups is 2. The number of carbonyl (C=O) groups excluding carboxylic acids is 2. The summed E-state index contributed by atoms with van der Waals surface area (Å²) in [5.74, 6) is -0.359. The minimum absolute atomic E-state index is 0.0463. The molecule has 148 valence electrons. The van der Waals surface area contributed by atoms with E-state index in [9.17, 15) is 9.59 Å². The molecule has 8 nitrogen and oxygen atoms in total. The van der Waals surface area contributed by atoms with Crippen LogP contribution in [0.15, 0.2) is 53.7 Å². The van der Waals surface area contributed by atoms with E-state index in [1.807, 2.05) is 52.9 Å². The first kappa shape index (κ1) is 19.2. The maximum absolute atomic E-state index is 12.2. The summed E-state index contributed by atoms with van der Waals surface area (Å²) >= 11 is 1.26. The molecule has 0 atom stereocenters. The van der Waals surface area contributed by atoms with Crippen LogP contribution in [0.5, 0.6) is 0 Å². The maximum atomic E-state index is 12.2. The number of nitrogens with zero attached hydrogens (tertiary/aromatic N) is 3. The zero-order valence-corrected chi connectivity index (χ0v) is 16.5. The fourth-order valence-electron chi connectivity index (χ4n) is 3.01. The third kappa shape index (κ3) is 4.01. The summed E-state index contributed by atoms with van der Waals surface area (Å²) in [6.07, 6.45) is 0. The quantitative estimate of drug-likeness (QED) is 0.289. The number of nitrogens with one attached hydrogen (secondary N) is 2. The number of hydrogen-bond donors (Lipinski definition) is 2. The average Bonchev–Trinajstić information content (AvgIpc) is 3.12. The van der Waals surface area contributed by atoms with Crippen LogP contribution in [0.2, 0.25) is 0 Å². The number of rotatable bonds is 6. The Bertz CT molecular complexity index is 1210. The molecule has 0 unspecified atom stereocenters. The molecule has 0 fully saturated rings. The van der Waals surface area contributed by atoms with Gasteiger partial charge in [-0.05, 0) is 24.3 Å². The number of aromatic nitrogens is 3. The molecule has 0 aliphatic carbocycles. The van der Waals surface area contributed by atoms with Crippen LogP contribution in [0.3, 0.4) is 0 Å². The normalized spacial score (nSPS) is 11.2. The van der Waals surface area contributed by atoms with Crippen molar-refractivity contribution in [2.45, 2.75) is 5.16 Å². The lowest BCUT2D eigenvalue weighted by Gasteiger charge is -2.09. The van der Waals surface area contributed by atoms with Crippen LogP contribution in [-0.2, 0) is 9.53 Å². The van der Waals surface area contributed by atoms with Crippen LogP contribution in [0.1, 0.15) is 0 Å². The van der Waals surface area contributed by atoms with Crippen molar-refractivity contribution in [2.24, 2.45) is 0 Å². The first-order valence-corrected chi connectivity index (χ1v) is 10.0. The van der Waals surface area contributed by atoms with Crippen molar-refractivity contribution in [3.8, 4) is 0 Å². The average molecular weight is 409 g/mol. The van der Waals surface area contributed by atoms with Crippen molar-refractivity contribution < 1.29 is 14.3 Å². The predicted octanol–water partition coefficient (Wildman–Crippen LogP) is 2.60. The van der Waals surface area contributed by atoms with E-state index in [0.717, 1.165) is 27.6 Å². The molecule has 9 heteroatoms. The molecule has 4 rings (SSSR count). The van der Waals surface area contributed by atoms with Gasteiger partial charge in [-0.15, -0.1) is 0 Å². The highest BCUT2D eigenvalue weighted by atomic mass is 32.2. The molecule has 29 heavy (non-hydrogen) atoms. The smallest absolute Gasteiger partial charge is 0.321 e. The molecule has 2 heterocycles. The molecule has 0 saturated carbocycles. The molecule has 4 aromatic rings. The molecule has 0 aliphatic heterocycles. The van der Waals surface area contributed by atoms with Gasteiger partial charge >= 0.3 is 6.03 Å². The molecule has 0 bridgehead atoms. The molecule has 0 spiro atoms. The number of thioether (sulfide) groups is 1. The van der Waals surface area contributed by atoms with E-state index in [0.29, 0.717) is 18.3 Å². The summed E-state index contributed by atoms with van der Waals surface area (Å²) < 4.78 is 6.81. The summed E-state index contributed by atoms with van der Waals surface area (Å²) in [5, 5.41) is 6.44. The van der Waals surface area contributed by atoms with Crippen LogP contribution >= 0.6 is 11.8 Å². The molecular formula is C20H19N5O3S. The molecule has 0 aliphatic rings. The van der Waals surface area contributed by atoms with E-state index in [1.165, 1.54) is 11.8 Å². The van der Waals surface area contributed by atoms with Crippen molar-refractivity contribution in [2.75, 3.05) is 26.0 Å². The van der Waals surface area contributed by atoms with Crippen molar-refractivity contribution >= 4 is 51.3 Å². The van der Waals surface area contributed by atoms with Crippen LogP contribution < -0.4 is 10.6 Å². The van der Waals surface area contributed by atoms with E-state index >= 15 is 0 Å². The lowest BCUT2D eigenvalue weighted by atomic mass is 10.2. The molecule has 2 aromatic carbocycles. The Labute approximate surface area is 170 Å². The topological polar surface area (TPSA) is 97.6 Å². The number of imide groups is 1. The van der Waals surface area contributed by atoms with Gasteiger partial charge in [0.25, 0.3) is 0 Å². The van der Waals surface area contributed by atoms with Gasteiger partial charge < -0.3 is 10.1 Å². The largest absolute Gasteiger partial charge is 0.383 e. The summed E-state index contributed by atoms with van der Waals surface area (Å²) in [7, 11) is 1.54. The number of fused-ring (bicyclic) bond motifs is 5. The van der Waals surface area contributed by atoms with Gasteiger partial charge in [-0.25, -0.2) is 14.8 Å². The van der Waals surface area contributed by atoms with Gasteiger partial charge in [0.2, 0.25) is 5.91 Å². The highest BCUT2D eigenvalue weighted by Crippen LogP contribution is 2.28. The fourth-order valence-corrected chi connectivity index (χ4v) is 3.82. The van der Waals surface area contributed by atoms with E-state index in [2.05, 4.69) is 10.6 Å². The first-order valence-electron chi connectivity index (χ1n) is 9.03. The number of para-hydroxylation sites is 3. The van der Waals surface area contributed by atoms with Crippen molar-refractivity contribution in [3.05, 3.63) is 48.5 Å². The van der Waals surface area contributed by atoms with Gasteiger partial charge in [-0.2, -0.15) is 0 Å². The van der Waals surface area contributed by atoms with E-state index in [1.54, 1.807) is 7.11 Å². The highest BCUT2D eigenvalue weighted by molar-refractivity contribution is 7.99. The number of ether oxygens (including phenoxy) is 1. The zero-order valence-electron chi connectivity index (χ0n) is 15.7. The molecule has 3 amide bonds. The summed E-state index contributed by atoms with van der Waals surface area (Å²) in [4.78, 5) is 33.4. The minimum Gasteiger partial charge on any atom is -0.383 e. The Morgan fingerprint density at radius 2 is 1.83 bits per heavy atom. The molecule has 0 radical (unpaired) electrons. The summed E-state index contributed by atoms with van der Waals surface area (Å²) in [6, 6.07) is 15.0. The number of hydrogen-bond acceptors (Lipinski definition) is 6. The molecule has 2 N–H and O–H groups in total. The number of amides is 3. The molecule has 2 aromatic heterocycles. The monoisotopic (exact) mass is 409 g/mol. The summed E-state index contributed by atoms with van der Waals surface area (Å²) in [5.41, 5.74) is 3.36. The third-order valence-electron chi connectivity index (χ3n) is 4.29. The maximum Gasteiger partial charge on any atom is 0.321 e. The number of urea groups is 1. The number of imidazole rings is 1. The van der Waals surface area contributed by atoms with E-state index in [-0.39, 0.29) is 5.75 Å². The molecule has 0 saturated heterocycles. The summed E-state index contributed by atoms with van der Waals surface area (Å²) in [6.45, 7) is 0.708. The zero-order chi connectivity index (χ0) is 20.2. The second-order valence-corrected chi connectivity index (χ2v) is 7.20. The van der Waals surface area contributed by atoms with Gasteiger partial charge in [-0.3, -0.25) is 14.5 Å². The van der Waals surface area contributed by atoms with Crippen LogP contribution in [0.4, 0.5) is 4.79 Å². The highest BCUT2D eigenvalue weighted by Gasteiger charge is 2.15. The van der Waals surface area contributed by atoms with Gasteiger partial charge in [0.15, 0.2) is 5.16 Å². The SMILES string of the molecule is COCCNC(=O)NC(=O)CSc1nc2ccccc2c2nc3ccccc3n12. The van der Waals surface area contributed by atoms with Crippen molar-refractivity contribution in [3.63, 3.8) is 0 Å². The Morgan fingerprint density at radius 3 is 2.66 bits per heavy atom. The number of benzene rings is 2. The second kappa shape index (κ2) is 8.46. The van der Waals surface area contributed by atoms with Gasteiger partial charge in [0.1, 0.15) is 5.65 Å². The lowest BCUT2D eigenvalue weighted by Crippen LogP contribution is -2.41. The van der Waals surface area contributed by atoms with E-state index in [4.69, 9.17) is 14.7 Å². The first-order chi connectivity index (χ1) is 14.2. The Hall–Kier alpha value is -3.17. The Kier molecular flexibility index (Phi) is 5.59. The molecular weight excluding hydrogens is 390 g/mol. The van der Waals surface area contributed by atoms with Crippen LogP contribution in [0, 0.1) is 0 Å². The number of methoxy groups -OCH3 is 1. The fraction of sp³-hybridized carbons (Fsp3) is 0.200. The van der Waals surface area contributed by atoms with E-state index < -0.39 is 11.9 Å². The lowest BCUT2D eigenvalue weighted by molar-refractivity contribution is -0.117. The van der Waals surface area contributed by atoms with Gasteiger partial charge in [0.05, 0.1) is 28.9 Å². The minimum atomic E-state index is -0.544. The third-order valence-corrected chi connectivity index (χ3v) is 5.23. The van der Waals surface area contributed by atoms with Crippen LogP contribution in [0.25, 0.3) is 27.6 Å².